The molecule has 0 radical (unpaired) electrons. The molecule has 98 valence electrons. The molecular weight excluding hydrogens is 232 g/mol. The van der Waals surface area contributed by atoms with Crippen LogP contribution in [0.2, 0.25) is 0 Å². The van der Waals surface area contributed by atoms with Crippen LogP contribution in [0.3, 0.4) is 0 Å². The molecule has 1 N–H and O–H groups in total. The summed E-state index contributed by atoms with van der Waals surface area (Å²) in [6.45, 7) is 3.71. The van der Waals surface area contributed by atoms with Crippen molar-refractivity contribution in [1.82, 2.24) is 10.2 Å². The molecule has 18 heavy (non-hydrogen) atoms. The topological polar surface area (TPSA) is 50.8 Å². The number of amides is 2. The van der Waals surface area contributed by atoms with Gasteiger partial charge in [0.1, 0.15) is 13.2 Å². The number of hydrogen-bond donors (Lipinski definition) is 1. The van der Waals surface area contributed by atoms with E-state index in [1.54, 1.807) is 19.0 Å². The maximum absolute atomic E-state index is 11.5. The first-order valence-electron chi connectivity index (χ1n) is 5.94. The number of carbonyl (C=O) groups excluding carboxylic acids is 1. The molecule has 1 heterocycles. The summed E-state index contributed by atoms with van der Waals surface area (Å²) >= 11 is 0. The maximum atomic E-state index is 11.5. The van der Waals surface area contributed by atoms with Gasteiger partial charge in [0.15, 0.2) is 11.5 Å². The van der Waals surface area contributed by atoms with Gasteiger partial charge in [-0.3, -0.25) is 0 Å². The van der Waals surface area contributed by atoms with Crippen molar-refractivity contribution in [1.29, 1.82) is 0 Å². The smallest absolute Gasteiger partial charge is 0.317 e. The van der Waals surface area contributed by atoms with Crippen LogP contribution in [0.25, 0.3) is 0 Å². The summed E-state index contributed by atoms with van der Waals surface area (Å²) in [7, 11) is 3.38. The van der Waals surface area contributed by atoms with Crippen LogP contribution in [0.5, 0.6) is 11.5 Å². The van der Waals surface area contributed by atoms with Crippen molar-refractivity contribution in [3.8, 4) is 11.5 Å². The van der Waals surface area contributed by atoms with Gasteiger partial charge in [-0.15, -0.1) is 0 Å². The van der Waals surface area contributed by atoms with Gasteiger partial charge in [0.2, 0.25) is 0 Å². The number of hydrogen-bond acceptors (Lipinski definition) is 3. The van der Waals surface area contributed by atoms with Crippen LogP contribution in [0, 0.1) is 6.92 Å². The van der Waals surface area contributed by atoms with Crippen LogP contribution >= 0.6 is 0 Å². The molecule has 0 unspecified atom stereocenters. The number of nitrogens with one attached hydrogen (secondary N) is 1. The number of aryl methyl sites for hydroxylation is 1. The lowest BCUT2D eigenvalue weighted by Crippen LogP contribution is -2.34. The van der Waals surface area contributed by atoms with Crippen molar-refractivity contribution in [2.75, 3.05) is 27.3 Å². The van der Waals surface area contributed by atoms with Crippen LogP contribution in [-0.4, -0.2) is 38.2 Å². The lowest BCUT2D eigenvalue weighted by Gasteiger charge is -2.22. The fraction of sp³-hybridized carbons (Fsp3) is 0.462. The highest BCUT2D eigenvalue weighted by Crippen LogP contribution is 2.33. The Morgan fingerprint density at radius 3 is 2.56 bits per heavy atom. The Labute approximate surface area is 107 Å². The molecule has 0 bridgehead atoms. The number of ether oxygens (including phenoxy) is 2. The molecule has 0 spiro atoms. The summed E-state index contributed by atoms with van der Waals surface area (Å²) < 4.78 is 11.1. The third-order valence-electron chi connectivity index (χ3n) is 2.97. The van der Waals surface area contributed by atoms with Crippen molar-refractivity contribution < 1.29 is 14.3 Å². The molecule has 1 aromatic carbocycles. The van der Waals surface area contributed by atoms with E-state index in [4.69, 9.17) is 9.47 Å². The van der Waals surface area contributed by atoms with E-state index in [0.717, 1.165) is 22.6 Å². The van der Waals surface area contributed by atoms with Gasteiger partial charge in [-0.2, -0.15) is 0 Å². The van der Waals surface area contributed by atoms with E-state index in [1.165, 1.54) is 0 Å². The summed E-state index contributed by atoms with van der Waals surface area (Å²) in [5.41, 5.74) is 2.15. The molecular formula is C13H18N2O3. The second-order valence-corrected chi connectivity index (χ2v) is 4.33. The van der Waals surface area contributed by atoms with Gasteiger partial charge >= 0.3 is 6.03 Å². The normalized spacial score (nSPS) is 13.1. The Bertz CT molecular complexity index is 460. The lowest BCUT2D eigenvalue weighted by molar-refractivity contribution is 0.171. The van der Waals surface area contributed by atoms with E-state index < -0.39 is 0 Å². The van der Waals surface area contributed by atoms with Gasteiger partial charge in [0.05, 0.1) is 0 Å². The van der Waals surface area contributed by atoms with E-state index in [2.05, 4.69) is 5.32 Å². The molecule has 2 amide bonds. The first kappa shape index (κ1) is 12.5. The third-order valence-corrected chi connectivity index (χ3v) is 2.97. The molecule has 0 fully saturated rings. The van der Waals surface area contributed by atoms with Crippen LogP contribution in [-0.2, 0) is 6.54 Å². The minimum Gasteiger partial charge on any atom is -0.486 e. The fourth-order valence-electron chi connectivity index (χ4n) is 1.92. The zero-order chi connectivity index (χ0) is 13.1. The van der Waals surface area contributed by atoms with Gasteiger partial charge in [0.25, 0.3) is 0 Å². The molecule has 0 aromatic heterocycles. The van der Waals surface area contributed by atoms with Crippen LogP contribution in [0.4, 0.5) is 4.79 Å². The van der Waals surface area contributed by atoms with E-state index in [1.807, 2.05) is 19.1 Å². The molecule has 0 aliphatic carbocycles. The predicted molar refractivity (Wildman–Crippen MR) is 68.1 cm³/mol. The predicted octanol–water partition coefficient (Wildman–Crippen LogP) is 1.54. The van der Waals surface area contributed by atoms with E-state index in [0.29, 0.717) is 19.8 Å². The maximum Gasteiger partial charge on any atom is 0.317 e. The molecule has 5 heteroatoms. The Morgan fingerprint density at radius 1 is 1.33 bits per heavy atom. The van der Waals surface area contributed by atoms with Crippen molar-refractivity contribution in [2.24, 2.45) is 0 Å². The number of carbonyl (C=O) groups is 1. The summed E-state index contributed by atoms with van der Waals surface area (Å²) in [6, 6.07) is 3.80. The van der Waals surface area contributed by atoms with Crippen molar-refractivity contribution in [3.05, 3.63) is 23.3 Å². The van der Waals surface area contributed by atoms with Crippen molar-refractivity contribution >= 4 is 6.03 Å². The van der Waals surface area contributed by atoms with Gasteiger partial charge in [-0.05, 0) is 30.2 Å². The van der Waals surface area contributed by atoms with E-state index in [9.17, 15) is 4.79 Å². The number of benzene rings is 1. The van der Waals surface area contributed by atoms with Crippen molar-refractivity contribution in [3.63, 3.8) is 0 Å². The summed E-state index contributed by atoms with van der Waals surface area (Å²) in [5.74, 6) is 1.54. The van der Waals surface area contributed by atoms with Gasteiger partial charge in [-0.25, -0.2) is 4.79 Å². The van der Waals surface area contributed by atoms with E-state index in [-0.39, 0.29) is 6.03 Å². The van der Waals surface area contributed by atoms with E-state index >= 15 is 0 Å². The Morgan fingerprint density at radius 2 is 1.94 bits per heavy atom. The standard InChI is InChI=1S/C13H18N2O3/c1-9-6-11-12(18-5-4-17-11)7-10(9)8-15(3)13(16)14-2/h6-7H,4-5,8H2,1-3H3,(H,14,16). The quantitative estimate of drug-likeness (QED) is 0.866. The minimum atomic E-state index is -0.107. The highest BCUT2D eigenvalue weighted by atomic mass is 16.6. The number of urea groups is 1. The molecule has 0 saturated carbocycles. The third kappa shape index (κ3) is 2.50. The van der Waals surface area contributed by atoms with Gasteiger partial charge in [-0.1, -0.05) is 0 Å². The highest BCUT2D eigenvalue weighted by molar-refractivity contribution is 5.73. The molecule has 5 nitrogen and oxygen atoms in total. The second-order valence-electron chi connectivity index (χ2n) is 4.33. The number of rotatable bonds is 2. The van der Waals surface area contributed by atoms with Crippen LogP contribution < -0.4 is 14.8 Å². The molecule has 2 rings (SSSR count). The largest absolute Gasteiger partial charge is 0.486 e. The average Bonchev–Trinajstić information content (AvgIpc) is 2.38. The van der Waals surface area contributed by atoms with Crippen LogP contribution in [0.15, 0.2) is 12.1 Å². The minimum absolute atomic E-state index is 0.107. The zero-order valence-corrected chi connectivity index (χ0v) is 10.9. The van der Waals surface area contributed by atoms with Gasteiger partial charge in [0, 0.05) is 20.6 Å². The second kappa shape index (κ2) is 5.16. The molecule has 1 aliphatic rings. The summed E-state index contributed by atoms with van der Waals surface area (Å²) in [4.78, 5) is 13.1. The number of nitrogens with zero attached hydrogens (tertiary/aromatic N) is 1. The molecule has 0 atom stereocenters. The monoisotopic (exact) mass is 250 g/mol. The average molecular weight is 250 g/mol. The SMILES string of the molecule is CNC(=O)N(C)Cc1cc2c(cc1C)OCCO2. The highest BCUT2D eigenvalue weighted by Gasteiger charge is 2.16. The van der Waals surface area contributed by atoms with Gasteiger partial charge < -0.3 is 19.7 Å². The molecule has 0 saturated heterocycles. The summed E-state index contributed by atoms with van der Waals surface area (Å²) in [5, 5.41) is 2.60. The number of fused-ring (bicyclic) bond motifs is 1. The zero-order valence-electron chi connectivity index (χ0n) is 10.9. The Kier molecular flexibility index (Phi) is 3.60. The molecule has 1 aliphatic heterocycles. The van der Waals surface area contributed by atoms with Crippen molar-refractivity contribution in [2.45, 2.75) is 13.5 Å². The van der Waals surface area contributed by atoms with Crippen LogP contribution in [0.1, 0.15) is 11.1 Å². The molecule has 1 aromatic rings. The lowest BCUT2D eigenvalue weighted by atomic mass is 10.1. The first-order valence-corrected chi connectivity index (χ1v) is 5.94. The Hall–Kier alpha value is -1.91. The first-order chi connectivity index (χ1) is 8.61. The summed E-state index contributed by atoms with van der Waals surface area (Å²) in [6.07, 6.45) is 0. The fourth-order valence-corrected chi connectivity index (χ4v) is 1.92. The Balaban J connectivity index is 2.20.